The summed E-state index contributed by atoms with van der Waals surface area (Å²) in [6.07, 6.45) is 0. The quantitative estimate of drug-likeness (QED) is 0.841. The van der Waals surface area contributed by atoms with Gasteiger partial charge in [0.25, 0.3) is 0 Å². The Morgan fingerprint density at radius 1 is 1.25 bits per heavy atom. The van der Waals surface area contributed by atoms with Crippen LogP contribution in [0.4, 0.5) is 10.1 Å². The largest absolute Gasteiger partial charge is 0.494 e. The number of rotatable bonds is 5. The molecule has 0 fully saturated rings. The number of Topliss-reactive ketones (excluding diaryl/α,β-unsaturated/α-hetero) is 1. The predicted octanol–water partition coefficient (Wildman–Crippen LogP) is 3.89. The van der Waals surface area contributed by atoms with Crippen molar-refractivity contribution in [2.24, 2.45) is 0 Å². The van der Waals surface area contributed by atoms with Gasteiger partial charge in [0.15, 0.2) is 17.3 Å². The molecule has 0 spiro atoms. The van der Waals surface area contributed by atoms with Crippen LogP contribution in [-0.4, -0.2) is 19.4 Å². The maximum absolute atomic E-state index is 13.5. The molecule has 2 aromatic carbocycles. The van der Waals surface area contributed by atoms with Crippen LogP contribution >= 0.6 is 15.9 Å². The van der Waals surface area contributed by atoms with Crippen molar-refractivity contribution in [1.29, 1.82) is 0 Å². The van der Waals surface area contributed by atoms with Gasteiger partial charge >= 0.3 is 0 Å². The van der Waals surface area contributed by atoms with E-state index in [0.29, 0.717) is 5.56 Å². The van der Waals surface area contributed by atoms with Crippen LogP contribution in [-0.2, 0) is 0 Å². The van der Waals surface area contributed by atoms with E-state index in [-0.39, 0.29) is 18.1 Å². The van der Waals surface area contributed by atoms with Gasteiger partial charge in [0, 0.05) is 15.7 Å². The fourth-order valence-electron chi connectivity index (χ4n) is 1.69. The molecule has 1 N–H and O–H groups in total. The molecule has 20 heavy (non-hydrogen) atoms. The van der Waals surface area contributed by atoms with Gasteiger partial charge in [0.2, 0.25) is 0 Å². The highest BCUT2D eigenvalue weighted by atomic mass is 79.9. The Morgan fingerprint density at radius 3 is 2.55 bits per heavy atom. The van der Waals surface area contributed by atoms with Crippen molar-refractivity contribution < 1.29 is 13.9 Å². The van der Waals surface area contributed by atoms with Crippen molar-refractivity contribution in [2.75, 3.05) is 19.0 Å². The van der Waals surface area contributed by atoms with E-state index < -0.39 is 5.82 Å². The topological polar surface area (TPSA) is 38.3 Å². The average Bonchev–Trinajstić information content (AvgIpc) is 2.46. The average molecular weight is 338 g/mol. The number of halogens is 2. The van der Waals surface area contributed by atoms with Gasteiger partial charge in [-0.1, -0.05) is 15.9 Å². The summed E-state index contributed by atoms with van der Waals surface area (Å²) in [5.74, 6) is -0.598. The van der Waals surface area contributed by atoms with Crippen LogP contribution in [0.1, 0.15) is 10.4 Å². The minimum absolute atomic E-state index is 0.105. The lowest BCUT2D eigenvalue weighted by Gasteiger charge is -2.07. The molecule has 104 valence electrons. The zero-order valence-electron chi connectivity index (χ0n) is 10.8. The van der Waals surface area contributed by atoms with Gasteiger partial charge in [-0.05, 0) is 42.5 Å². The van der Waals surface area contributed by atoms with Crippen LogP contribution in [0.2, 0.25) is 0 Å². The smallest absolute Gasteiger partial charge is 0.181 e. The number of ketones is 1. The minimum atomic E-state index is -0.540. The summed E-state index contributed by atoms with van der Waals surface area (Å²) in [5, 5.41) is 2.99. The first kappa shape index (κ1) is 14.5. The molecule has 0 bridgehead atoms. The van der Waals surface area contributed by atoms with Crippen molar-refractivity contribution >= 4 is 27.4 Å². The van der Waals surface area contributed by atoms with E-state index in [1.807, 2.05) is 24.3 Å². The van der Waals surface area contributed by atoms with E-state index in [1.165, 1.54) is 19.2 Å². The van der Waals surface area contributed by atoms with Crippen molar-refractivity contribution in [3.8, 4) is 5.75 Å². The Hall–Kier alpha value is -1.88. The number of hydrogen-bond acceptors (Lipinski definition) is 3. The van der Waals surface area contributed by atoms with Crippen molar-refractivity contribution in [1.82, 2.24) is 0 Å². The fraction of sp³-hybridized carbons (Fsp3) is 0.133. The van der Waals surface area contributed by atoms with Gasteiger partial charge < -0.3 is 10.1 Å². The van der Waals surface area contributed by atoms with Gasteiger partial charge in [0.1, 0.15) is 0 Å². The van der Waals surface area contributed by atoms with E-state index in [1.54, 1.807) is 6.07 Å². The van der Waals surface area contributed by atoms with Gasteiger partial charge in [0.05, 0.1) is 13.7 Å². The molecule has 0 aliphatic heterocycles. The van der Waals surface area contributed by atoms with Crippen LogP contribution < -0.4 is 10.1 Å². The van der Waals surface area contributed by atoms with Gasteiger partial charge in [-0.25, -0.2) is 4.39 Å². The maximum Gasteiger partial charge on any atom is 0.181 e. The Bertz CT molecular complexity index is 614. The van der Waals surface area contributed by atoms with Crippen LogP contribution in [0.25, 0.3) is 0 Å². The Balaban J connectivity index is 2.01. The number of carbonyl (C=O) groups excluding carboxylic acids is 1. The number of hydrogen-bond donors (Lipinski definition) is 1. The minimum Gasteiger partial charge on any atom is -0.494 e. The monoisotopic (exact) mass is 337 g/mol. The molecule has 0 aliphatic carbocycles. The lowest BCUT2D eigenvalue weighted by molar-refractivity contribution is 0.101. The first-order chi connectivity index (χ1) is 9.60. The Morgan fingerprint density at radius 2 is 1.95 bits per heavy atom. The Kier molecular flexibility index (Phi) is 4.74. The molecule has 0 saturated carbocycles. The first-order valence-corrected chi connectivity index (χ1v) is 6.75. The highest BCUT2D eigenvalue weighted by Gasteiger charge is 2.10. The number of carbonyl (C=O) groups is 1. The molecule has 0 amide bonds. The second-order valence-electron chi connectivity index (χ2n) is 4.13. The van der Waals surface area contributed by atoms with Crippen LogP contribution in [0.3, 0.4) is 0 Å². The first-order valence-electron chi connectivity index (χ1n) is 5.96. The van der Waals surface area contributed by atoms with Crippen molar-refractivity contribution in [2.45, 2.75) is 0 Å². The zero-order chi connectivity index (χ0) is 14.5. The maximum atomic E-state index is 13.5. The lowest BCUT2D eigenvalue weighted by Crippen LogP contribution is -2.14. The molecule has 0 aromatic heterocycles. The van der Waals surface area contributed by atoms with E-state index >= 15 is 0 Å². The van der Waals surface area contributed by atoms with Gasteiger partial charge in [-0.3, -0.25) is 4.79 Å². The van der Waals surface area contributed by atoms with E-state index in [4.69, 9.17) is 4.74 Å². The molecule has 2 aromatic rings. The zero-order valence-corrected chi connectivity index (χ0v) is 12.4. The molecule has 3 nitrogen and oxygen atoms in total. The van der Waals surface area contributed by atoms with Crippen molar-refractivity contribution in [3.63, 3.8) is 0 Å². The van der Waals surface area contributed by atoms with Crippen molar-refractivity contribution in [3.05, 3.63) is 58.3 Å². The normalized spacial score (nSPS) is 10.2. The fourth-order valence-corrected chi connectivity index (χ4v) is 1.96. The van der Waals surface area contributed by atoms with Gasteiger partial charge in [-0.2, -0.15) is 0 Å². The molecule has 0 aliphatic rings. The van der Waals surface area contributed by atoms with E-state index in [0.717, 1.165) is 10.2 Å². The van der Waals surface area contributed by atoms with Crippen LogP contribution in [0.15, 0.2) is 46.9 Å². The molecule has 5 heteroatoms. The molecular formula is C15H13BrFNO2. The Labute approximate surface area is 124 Å². The lowest BCUT2D eigenvalue weighted by atomic mass is 10.1. The summed E-state index contributed by atoms with van der Waals surface area (Å²) < 4.78 is 19.3. The predicted molar refractivity (Wildman–Crippen MR) is 79.9 cm³/mol. The highest BCUT2D eigenvalue weighted by Crippen LogP contribution is 2.18. The SMILES string of the molecule is COc1ccc(C(=O)CNc2ccc(Br)cc2)cc1F. The van der Waals surface area contributed by atoms with E-state index in [9.17, 15) is 9.18 Å². The molecule has 0 atom stereocenters. The third-order valence-electron chi connectivity index (χ3n) is 2.77. The summed E-state index contributed by atoms with van der Waals surface area (Å²) in [5.41, 5.74) is 1.14. The molecular weight excluding hydrogens is 325 g/mol. The molecule has 2 rings (SSSR count). The van der Waals surface area contributed by atoms with Crippen LogP contribution in [0, 0.1) is 5.82 Å². The number of benzene rings is 2. The summed E-state index contributed by atoms with van der Waals surface area (Å²) in [6, 6.07) is 11.6. The second-order valence-corrected chi connectivity index (χ2v) is 5.05. The highest BCUT2D eigenvalue weighted by molar-refractivity contribution is 9.10. The molecule has 0 radical (unpaired) electrons. The summed E-state index contributed by atoms with van der Waals surface area (Å²) in [6.45, 7) is 0.105. The third-order valence-corrected chi connectivity index (χ3v) is 3.30. The number of methoxy groups -OCH3 is 1. The summed E-state index contributed by atoms with van der Waals surface area (Å²) in [7, 11) is 1.38. The summed E-state index contributed by atoms with van der Waals surface area (Å²) >= 11 is 3.34. The van der Waals surface area contributed by atoms with Crippen LogP contribution in [0.5, 0.6) is 5.75 Å². The molecule has 0 unspecified atom stereocenters. The second kappa shape index (κ2) is 6.52. The van der Waals surface area contributed by atoms with Gasteiger partial charge in [-0.15, -0.1) is 0 Å². The number of ether oxygens (including phenoxy) is 1. The number of anilines is 1. The standard InChI is InChI=1S/C15H13BrFNO2/c1-20-15-7-2-10(8-13(15)17)14(19)9-18-12-5-3-11(16)4-6-12/h2-8,18H,9H2,1H3. The third kappa shape index (κ3) is 3.57. The molecule has 0 saturated heterocycles. The molecule has 0 heterocycles. The van der Waals surface area contributed by atoms with E-state index in [2.05, 4.69) is 21.2 Å². The summed E-state index contributed by atoms with van der Waals surface area (Å²) in [4.78, 5) is 12.0. The number of nitrogens with one attached hydrogen (secondary N) is 1.